The Morgan fingerprint density at radius 1 is 1.86 bits per heavy atom. The van der Waals surface area contributed by atoms with Crippen molar-refractivity contribution < 1.29 is 24.8 Å². The zero-order chi connectivity index (χ0) is 4.41. The third-order valence-corrected chi connectivity index (χ3v) is 0.504. The molecular weight excluding hydrogens is 264 g/mol. The van der Waals surface area contributed by atoms with Gasteiger partial charge in [0.25, 0.3) is 0 Å². The van der Waals surface area contributed by atoms with E-state index in [4.69, 9.17) is 0 Å². The van der Waals surface area contributed by atoms with E-state index in [1.54, 1.807) is 6.26 Å². The molecule has 7 heavy (non-hydrogen) atoms. The number of oxazole rings is 1. The molecule has 0 aliphatic heterocycles. The normalized spacial score (nSPS) is 7.57. The van der Waals surface area contributed by atoms with Crippen molar-refractivity contribution in [2.75, 3.05) is 0 Å². The maximum atomic E-state index is 4.48. The van der Waals surface area contributed by atoms with E-state index in [9.17, 15) is 0 Å². The Morgan fingerprint density at radius 3 is 2.71 bits per heavy atom. The van der Waals surface area contributed by atoms with Gasteiger partial charge >= 0.3 is 0 Å². The third-order valence-electron chi connectivity index (χ3n) is 0.504. The number of hydrogen-bond acceptors (Lipinski definition) is 2. The smallest absolute Gasteiger partial charge is 0.102 e. The van der Waals surface area contributed by atoms with Crippen molar-refractivity contribution in [2.45, 2.75) is 6.92 Å². The Labute approximate surface area is 55.6 Å². The minimum Gasteiger partial charge on any atom is -0.581 e. The second-order valence-electron chi connectivity index (χ2n) is 1.08. The van der Waals surface area contributed by atoms with Crippen LogP contribution in [0.1, 0.15) is 5.69 Å². The molecule has 0 amide bonds. The van der Waals surface area contributed by atoms with Crippen molar-refractivity contribution in [3.05, 3.63) is 18.4 Å². The first-order valence-corrected chi connectivity index (χ1v) is 1.68. The van der Waals surface area contributed by atoms with Crippen molar-refractivity contribution in [1.82, 2.24) is 4.98 Å². The van der Waals surface area contributed by atoms with Gasteiger partial charge < -0.3 is 9.40 Å². The minimum absolute atomic E-state index is 0. The van der Waals surface area contributed by atoms with Crippen LogP contribution in [0.4, 0.5) is 0 Å². The van der Waals surface area contributed by atoms with Crippen LogP contribution in [0.15, 0.2) is 10.7 Å². The molecule has 2 nitrogen and oxygen atoms in total. The fourth-order valence-electron chi connectivity index (χ4n) is 0.236. The van der Waals surface area contributed by atoms with Gasteiger partial charge in [0.15, 0.2) is 0 Å². The first kappa shape index (κ1) is 6.87. The van der Waals surface area contributed by atoms with E-state index < -0.39 is 0 Å². The van der Waals surface area contributed by atoms with Gasteiger partial charge in [0.05, 0.1) is 0 Å². The summed E-state index contributed by atoms with van der Waals surface area (Å²) < 4.78 is 4.48. The molecule has 1 aromatic rings. The van der Waals surface area contributed by atoms with Crippen LogP contribution >= 0.6 is 0 Å². The number of hydrogen-bond donors (Lipinski definition) is 0. The predicted octanol–water partition coefficient (Wildman–Crippen LogP) is 0.781. The quantitative estimate of drug-likeness (QED) is 0.650. The first-order valence-electron chi connectivity index (χ1n) is 1.68. The van der Waals surface area contributed by atoms with Gasteiger partial charge in [-0.15, -0.1) is 0 Å². The molecule has 1 radical (unpaired) electrons. The van der Waals surface area contributed by atoms with Crippen LogP contribution in [0, 0.1) is 13.3 Å². The van der Waals surface area contributed by atoms with Gasteiger partial charge in [-0.25, -0.2) is 0 Å². The summed E-state index contributed by atoms with van der Waals surface area (Å²) in [5.41, 5.74) is 0.870. The number of rotatable bonds is 0. The fraction of sp³-hybridized carbons (Fsp3) is 0.250. The molecule has 0 aromatic carbocycles. The maximum Gasteiger partial charge on any atom is 0.102 e. The van der Waals surface area contributed by atoms with Crippen molar-refractivity contribution in [1.29, 1.82) is 0 Å². The van der Waals surface area contributed by atoms with Gasteiger partial charge in [-0.1, -0.05) is 12.6 Å². The summed E-state index contributed by atoms with van der Waals surface area (Å²) in [4.78, 5) is 3.62. The van der Waals surface area contributed by atoms with Gasteiger partial charge in [0.1, 0.15) is 6.39 Å². The Hall–Kier alpha value is -0.128. The Morgan fingerprint density at radius 2 is 2.57 bits per heavy atom. The summed E-state index contributed by atoms with van der Waals surface area (Å²) in [5.74, 6) is 0. The number of aryl methyl sites for hydroxylation is 1. The summed E-state index contributed by atoms with van der Waals surface area (Å²) in [5, 5.41) is 0. The Balaban J connectivity index is 0.000000360. The standard InChI is InChI=1S/C4H4NO.Re/c1-4-2-6-3-5-4;/h2H,1H3;/q-1;. The molecule has 0 aliphatic rings. The number of nitrogens with zero attached hydrogens (tertiary/aromatic N) is 1. The molecule has 0 unspecified atom stereocenters. The van der Waals surface area contributed by atoms with E-state index >= 15 is 0 Å². The summed E-state index contributed by atoms with van der Waals surface area (Å²) >= 11 is 0. The molecule has 0 atom stereocenters. The van der Waals surface area contributed by atoms with Gasteiger partial charge in [-0.2, -0.15) is 0 Å². The van der Waals surface area contributed by atoms with Crippen LogP contribution in [0.25, 0.3) is 0 Å². The summed E-state index contributed by atoms with van der Waals surface area (Å²) in [6.07, 6.45) is 3.85. The molecule has 0 bridgehead atoms. The molecule has 3 heteroatoms. The average molecular weight is 268 g/mol. The molecule has 0 N–H and O–H groups in total. The molecule has 1 aromatic heterocycles. The topological polar surface area (TPSA) is 26.0 Å². The van der Waals surface area contributed by atoms with E-state index in [0.717, 1.165) is 5.69 Å². The van der Waals surface area contributed by atoms with Gasteiger partial charge in [0.2, 0.25) is 0 Å². The van der Waals surface area contributed by atoms with Crippen molar-refractivity contribution in [3.63, 3.8) is 0 Å². The second-order valence-corrected chi connectivity index (χ2v) is 1.08. The van der Waals surface area contributed by atoms with Gasteiger partial charge in [-0.05, 0) is 6.26 Å². The van der Waals surface area contributed by atoms with E-state index in [0.29, 0.717) is 0 Å². The second kappa shape index (κ2) is 2.95. The fourth-order valence-corrected chi connectivity index (χ4v) is 0.236. The molecule has 0 fully saturated rings. The van der Waals surface area contributed by atoms with Crippen LogP contribution < -0.4 is 0 Å². The van der Waals surface area contributed by atoms with Crippen LogP contribution in [-0.4, -0.2) is 4.98 Å². The number of aromatic nitrogens is 1. The van der Waals surface area contributed by atoms with Gasteiger partial charge in [0, 0.05) is 20.4 Å². The van der Waals surface area contributed by atoms with E-state index in [1.165, 1.54) is 0 Å². The SMILES string of the molecule is Cc1co[c-]n1.[Re]. The zero-order valence-corrected chi connectivity index (χ0v) is 6.53. The maximum absolute atomic E-state index is 4.48. The van der Waals surface area contributed by atoms with Crippen molar-refractivity contribution in [3.8, 4) is 0 Å². The summed E-state index contributed by atoms with van der Waals surface area (Å²) in [6.45, 7) is 1.85. The first-order chi connectivity index (χ1) is 2.89. The molecule has 0 saturated carbocycles. The van der Waals surface area contributed by atoms with E-state index in [-0.39, 0.29) is 20.4 Å². The Bertz CT molecular complexity index is 115. The zero-order valence-electron chi connectivity index (χ0n) is 3.81. The predicted molar refractivity (Wildman–Crippen MR) is 20.1 cm³/mol. The molecule has 39 valence electrons. The average Bonchev–Trinajstić information content (AvgIpc) is 1.86. The monoisotopic (exact) mass is 269 g/mol. The summed E-state index contributed by atoms with van der Waals surface area (Å²) in [6, 6.07) is 0. The van der Waals surface area contributed by atoms with E-state index in [1.807, 2.05) is 6.92 Å². The van der Waals surface area contributed by atoms with Crippen LogP contribution in [0.5, 0.6) is 0 Å². The molecule has 1 heterocycles. The molecule has 0 spiro atoms. The van der Waals surface area contributed by atoms with Gasteiger partial charge in [-0.3, -0.25) is 0 Å². The molecular formula is C4H4NORe-. The van der Waals surface area contributed by atoms with Crippen LogP contribution in [0.3, 0.4) is 0 Å². The van der Waals surface area contributed by atoms with Crippen molar-refractivity contribution in [2.24, 2.45) is 0 Å². The molecule has 0 aliphatic carbocycles. The van der Waals surface area contributed by atoms with Crippen LogP contribution in [0.2, 0.25) is 0 Å². The van der Waals surface area contributed by atoms with Crippen LogP contribution in [-0.2, 0) is 20.4 Å². The largest absolute Gasteiger partial charge is 0.581 e. The molecule has 1 rings (SSSR count). The molecule has 0 saturated heterocycles. The minimum atomic E-state index is 0. The van der Waals surface area contributed by atoms with Crippen molar-refractivity contribution >= 4 is 0 Å². The third kappa shape index (κ3) is 1.86. The summed E-state index contributed by atoms with van der Waals surface area (Å²) in [7, 11) is 0. The Kier molecular flexibility index (Phi) is 2.90. The van der Waals surface area contributed by atoms with E-state index in [2.05, 4.69) is 15.8 Å².